The van der Waals surface area contributed by atoms with Gasteiger partial charge in [-0.3, -0.25) is 9.55 Å². The molecular weight excluding hydrogens is 226 g/mol. The lowest BCUT2D eigenvalue weighted by atomic mass is 10.1. The van der Waals surface area contributed by atoms with E-state index in [4.69, 9.17) is 4.74 Å². The number of fused-ring (bicyclic) bond motifs is 1. The van der Waals surface area contributed by atoms with Gasteiger partial charge in [0.05, 0.1) is 18.8 Å². The molecule has 0 unspecified atom stereocenters. The fraction of sp³-hybridized carbons (Fsp3) is 0.571. The van der Waals surface area contributed by atoms with Crippen molar-refractivity contribution in [2.24, 2.45) is 11.8 Å². The second-order valence-corrected chi connectivity index (χ2v) is 5.50. The summed E-state index contributed by atoms with van der Waals surface area (Å²) in [7, 11) is 1.71. The number of hydrogen-bond acceptors (Lipinski definition) is 3. The molecule has 4 heteroatoms. The Hall–Kier alpha value is -1.58. The zero-order valence-electron chi connectivity index (χ0n) is 10.5. The van der Waals surface area contributed by atoms with Crippen LogP contribution in [0, 0.1) is 11.8 Å². The van der Waals surface area contributed by atoms with Gasteiger partial charge in [0.25, 0.3) is 6.01 Å². The van der Waals surface area contributed by atoms with Crippen LogP contribution in [0.3, 0.4) is 0 Å². The number of aromatic nitrogens is 3. The monoisotopic (exact) mass is 243 g/mol. The number of hydrogen-bond donors (Lipinski definition) is 0. The van der Waals surface area contributed by atoms with Gasteiger partial charge in [-0.15, -0.1) is 0 Å². The Kier molecular flexibility index (Phi) is 2.13. The lowest BCUT2D eigenvalue weighted by Crippen LogP contribution is -2.14. The predicted octanol–water partition coefficient (Wildman–Crippen LogP) is 2.80. The summed E-state index contributed by atoms with van der Waals surface area (Å²) in [4.78, 5) is 8.70. The van der Waals surface area contributed by atoms with Gasteiger partial charge in [-0.25, -0.2) is 0 Å². The topological polar surface area (TPSA) is 39.9 Å². The average molecular weight is 243 g/mol. The van der Waals surface area contributed by atoms with E-state index in [1.165, 1.54) is 31.2 Å². The van der Waals surface area contributed by atoms with Crippen LogP contribution in [0.4, 0.5) is 0 Å². The van der Waals surface area contributed by atoms with Gasteiger partial charge in [-0.05, 0) is 43.6 Å². The van der Waals surface area contributed by atoms with E-state index in [-0.39, 0.29) is 0 Å². The average Bonchev–Trinajstić information content (AvgIpc) is 3.28. The third-order valence-corrected chi connectivity index (χ3v) is 4.15. The summed E-state index contributed by atoms with van der Waals surface area (Å²) in [5.41, 5.74) is 2.12. The Morgan fingerprint density at radius 1 is 1.28 bits per heavy atom. The summed E-state index contributed by atoms with van der Waals surface area (Å²) >= 11 is 0. The minimum atomic E-state index is 0.590. The van der Waals surface area contributed by atoms with Gasteiger partial charge in [0.2, 0.25) is 0 Å². The molecular formula is C14H17N3O. The Bertz CT molecular complexity index is 572. The maximum Gasteiger partial charge on any atom is 0.297 e. The van der Waals surface area contributed by atoms with Gasteiger partial charge in [0.1, 0.15) is 5.52 Å². The molecule has 4 rings (SSSR count). The van der Waals surface area contributed by atoms with E-state index < -0.39 is 0 Å². The molecule has 0 aliphatic heterocycles. The molecule has 18 heavy (non-hydrogen) atoms. The molecule has 0 radical (unpaired) electrons. The predicted molar refractivity (Wildman–Crippen MR) is 68.6 cm³/mol. The zero-order valence-corrected chi connectivity index (χ0v) is 10.5. The van der Waals surface area contributed by atoms with E-state index >= 15 is 0 Å². The molecule has 2 aliphatic carbocycles. The number of rotatable bonds is 4. The molecule has 0 atom stereocenters. The van der Waals surface area contributed by atoms with Gasteiger partial charge in [-0.1, -0.05) is 0 Å². The maximum atomic E-state index is 5.49. The Morgan fingerprint density at radius 3 is 2.61 bits per heavy atom. The minimum absolute atomic E-state index is 0.590. The molecule has 4 nitrogen and oxygen atoms in total. The molecule has 2 saturated carbocycles. The molecule has 0 aromatic carbocycles. The van der Waals surface area contributed by atoms with E-state index in [2.05, 4.69) is 20.6 Å². The van der Waals surface area contributed by atoms with Crippen LogP contribution in [0.15, 0.2) is 18.5 Å². The molecule has 0 saturated heterocycles. The van der Waals surface area contributed by atoms with Crippen LogP contribution in [0.25, 0.3) is 11.0 Å². The van der Waals surface area contributed by atoms with Gasteiger partial charge >= 0.3 is 0 Å². The van der Waals surface area contributed by atoms with Gasteiger partial charge < -0.3 is 4.74 Å². The van der Waals surface area contributed by atoms with E-state index in [9.17, 15) is 0 Å². The van der Waals surface area contributed by atoms with Crippen LogP contribution in [0.2, 0.25) is 0 Å². The summed E-state index contributed by atoms with van der Waals surface area (Å²) < 4.78 is 7.82. The van der Waals surface area contributed by atoms with Crippen LogP contribution in [-0.4, -0.2) is 21.6 Å². The standard InChI is InChI=1S/C14H17N3O/c1-18-14-16-11-8-15-7-6-12(11)17(14)13(9-2-3-9)10-4-5-10/h6-10,13H,2-5H2,1H3. The van der Waals surface area contributed by atoms with E-state index in [0.29, 0.717) is 6.04 Å². The highest BCUT2D eigenvalue weighted by atomic mass is 16.5. The molecule has 0 amide bonds. The first kappa shape index (κ1) is 10.4. The highest BCUT2D eigenvalue weighted by molar-refractivity contribution is 5.75. The number of ether oxygens (including phenoxy) is 1. The second-order valence-electron chi connectivity index (χ2n) is 5.50. The first-order chi connectivity index (χ1) is 8.88. The fourth-order valence-electron chi connectivity index (χ4n) is 3.04. The summed E-state index contributed by atoms with van der Waals surface area (Å²) in [5.74, 6) is 1.66. The van der Waals surface area contributed by atoms with Crippen molar-refractivity contribution in [1.29, 1.82) is 0 Å². The SMILES string of the molecule is COc1nc2cnccc2n1C(C1CC1)C1CC1. The molecule has 0 N–H and O–H groups in total. The Labute approximate surface area is 106 Å². The maximum absolute atomic E-state index is 5.49. The largest absolute Gasteiger partial charge is 0.468 e. The van der Waals surface area contributed by atoms with E-state index in [0.717, 1.165) is 23.4 Å². The normalized spacial score (nSPS) is 19.7. The zero-order chi connectivity index (χ0) is 12.1. The number of pyridine rings is 1. The molecule has 2 aromatic rings. The highest BCUT2D eigenvalue weighted by Gasteiger charge is 2.44. The number of nitrogens with zero attached hydrogens (tertiary/aromatic N) is 3. The first-order valence-corrected chi connectivity index (χ1v) is 6.74. The molecule has 2 aliphatic rings. The Morgan fingerprint density at radius 2 is 2.00 bits per heavy atom. The van der Waals surface area contributed by atoms with Gasteiger partial charge in [0, 0.05) is 12.2 Å². The van der Waals surface area contributed by atoms with Crippen molar-refractivity contribution in [3.63, 3.8) is 0 Å². The second kappa shape index (κ2) is 3.70. The lowest BCUT2D eigenvalue weighted by molar-refractivity contribution is 0.310. The fourth-order valence-corrected chi connectivity index (χ4v) is 3.04. The van der Waals surface area contributed by atoms with Crippen LogP contribution in [-0.2, 0) is 0 Å². The molecule has 0 bridgehead atoms. The van der Waals surface area contributed by atoms with Gasteiger partial charge in [0.15, 0.2) is 0 Å². The summed E-state index contributed by atoms with van der Waals surface area (Å²) in [6.45, 7) is 0. The van der Waals surface area contributed by atoms with Crippen molar-refractivity contribution in [1.82, 2.24) is 14.5 Å². The van der Waals surface area contributed by atoms with Crippen LogP contribution >= 0.6 is 0 Å². The van der Waals surface area contributed by atoms with Crippen molar-refractivity contribution >= 4 is 11.0 Å². The molecule has 2 heterocycles. The summed E-state index contributed by atoms with van der Waals surface area (Å²) in [6.07, 6.45) is 9.09. The van der Waals surface area contributed by atoms with Crippen LogP contribution < -0.4 is 4.74 Å². The van der Waals surface area contributed by atoms with Crippen molar-refractivity contribution in [3.05, 3.63) is 18.5 Å². The smallest absolute Gasteiger partial charge is 0.297 e. The van der Waals surface area contributed by atoms with E-state index in [1.54, 1.807) is 7.11 Å². The van der Waals surface area contributed by atoms with Gasteiger partial charge in [-0.2, -0.15) is 4.98 Å². The molecule has 2 fully saturated rings. The lowest BCUT2D eigenvalue weighted by Gasteiger charge is -2.20. The van der Waals surface area contributed by atoms with Crippen molar-refractivity contribution < 1.29 is 4.74 Å². The molecule has 2 aromatic heterocycles. The molecule has 0 spiro atoms. The van der Waals surface area contributed by atoms with Crippen molar-refractivity contribution in [3.8, 4) is 6.01 Å². The van der Waals surface area contributed by atoms with Crippen LogP contribution in [0.1, 0.15) is 31.7 Å². The minimum Gasteiger partial charge on any atom is -0.468 e. The summed E-state index contributed by atoms with van der Waals surface area (Å²) in [5, 5.41) is 0. The van der Waals surface area contributed by atoms with Crippen LogP contribution in [0.5, 0.6) is 6.01 Å². The number of imidazole rings is 1. The van der Waals surface area contributed by atoms with E-state index in [1.807, 2.05) is 12.4 Å². The molecule has 94 valence electrons. The number of methoxy groups -OCH3 is 1. The Balaban J connectivity index is 1.90. The van der Waals surface area contributed by atoms with Crippen molar-refractivity contribution in [2.75, 3.05) is 7.11 Å². The highest BCUT2D eigenvalue weighted by Crippen LogP contribution is 2.53. The summed E-state index contributed by atoms with van der Waals surface area (Å²) in [6, 6.07) is 3.40. The first-order valence-electron chi connectivity index (χ1n) is 6.74. The quantitative estimate of drug-likeness (QED) is 0.829. The third kappa shape index (κ3) is 1.51. The third-order valence-electron chi connectivity index (χ3n) is 4.15. The van der Waals surface area contributed by atoms with Crippen molar-refractivity contribution in [2.45, 2.75) is 31.7 Å².